The predicted octanol–water partition coefficient (Wildman–Crippen LogP) is 5.57. The van der Waals surface area contributed by atoms with Gasteiger partial charge in [-0.3, -0.25) is 9.59 Å². The van der Waals surface area contributed by atoms with Gasteiger partial charge >= 0.3 is 0 Å². The van der Waals surface area contributed by atoms with Crippen molar-refractivity contribution in [2.75, 3.05) is 7.11 Å². The fourth-order valence-corrected chi connectivity index (χ4v) is 4.59. The molecule has 0 aliphatic heterocycles. The highest BCUT2D eigenvalue weighted by Gasteiger charge is 2.41. The lowest BCUT2D eigenvalue weighted by Gasteiger charge is -2.33. The summed E-state index contributed by atoms with van der Waals surface area (Å²) < 4.78 is 5.46. The van der Waals surface area contributed by atoms with Gasteiger partial charge in [0, 0.05) is 29.0 Å². The van der Waals surface area contributed by atoms with Crippen LogP contribution >= 0.6 is 11.6 Å². The van der Waals surface area contributed by atoms with Gasteiger partial charge in [0.05, 0.1) is 7.11 Å². The lowest BCUT2D eigenvalue weighted by Crippen LogP contribution is -2.35. The number of carbonyl (C=O) groups excluding carboxylic acids is 2. The van der Waals surface area contributed by atoms with Crippen molar-refractivity contribution in [3.05, 3.63) is 28.3 Å². The molecular formula is C23H29ClO3. The van der Waals surface area contributed by atoms with Gasteiger partial charge in [0.15, 0.2) is 0 Å². The molecule has 146 valence electrons. The molecule has 27 heavy (non-hydrogen) atoms. The molecule has 0 unspecified atom stereocenters. The maximum Gasteiger partial charge on any atom is 0.148 e. The maximum atomic E-state index is 13.0. The minimum atomic E-state index is -0.823. The second kappa shape index (κ2) is 9.95. The van der Waals surface area contributed by atoms with Crippen LogP contribution in [0.2, 0.25) is 5.02 Å². The topological polar surface area (TPSA) is 43.4 Å². The highest BCUT2D eigenvalue weighted by molar-refractivity contribution is 6.32. The first-order chi connectivity index (χ1) is 13.0. The van der Waals surface area contributed by atoms with Gasteiger partial charge in [0.25, 0.3) is 0 Å². The maximum absolute atomic E-state index is 13.0. The Kier molecular flexibility index (Phi) is 7.92. The third-order valence-corrected chi connectivity index (χ3v) is 5.74. The second-order valence-electron chi connectivity index (χ2n) is 7.32. The molecule has 0 N–H and O–H groups in total. The van der Waals surface area contributed by atoms with E-state index in [1.54, 1.807) is 19.1 Å². The fraction of sp³-hybridized carbons (Fsp3) is 0.565. The molecule has 3 nitrogen and oxygen atoms in total. The number of Topliss-reactive ketones (excluding diaryl/α,β-unsaturated/α-hetero) is 2. The molecule has 0 amide bonds. The van der Waals surface area contributed by atoms with Crippen LogP contribution in [0, 0.1) is 23.7 Å². The first-order valence-electron chi connectivity index (χ1n) is 9.82. The molecule has 0 atom stereocenters. The lowest BCUT2D eigenvalue weighted by molar-refractivity contribution is -0.134. The minimum absolute atomic E-state index is 0.0389. The molecule has 0 spiro atoms. The summed E-state index contributed by atoms with van der Waals surface area (Å²) in [6.45, 7) is 6.05. The average molecular weight is 389 g/mol. The Balaban J connectivity index is 2.34. The zero-order valence-corrected chi connectivity index (χ0v) is 17.5. The van der Waals surface area contributed by atoms with E-state index in [9.17, 15) is 9.59 Å². The Bertz CT molecular complexity index is 733. The number of halogens is 1. The molecule has 1 fully saturated rings. The zero-order valence-electron chi connectivity index (χ0n) is 16.7. The van der Waals surface area contributed by atoms with Crippen molar-refractivity contribution >= 4 is 23.2 Å². The van der Waals surface area contributed by atoms with E-state index in [4.69, 9.17) is 16.3 Å². The van der Waals surface area contributed by atoms with Crippen molar-refractivity contribution in [1.82, 2.24) is 0 Å². The van der Waals surface area contributed by atoms with Gasteiger partial charge in [-0.15, -0.1) is 5.92 Å². The number of benzene rings is 1. The Hall–Kier alpha value is -1.79. The Morgan fingerprint density at radius 2 is 1.74 bits per heavy atom. The SMILES string of the molecule is CC#Cc1cc(Cl)c(C2C(=O)CC(C(CCC)CCC)CC2=O)c(OC)c1. The summed E-state index contributed by atoms with van der Waals surface area (Å²) in [7, 11) is 1.53. The van der Waals surface area contributed by atoms with Crippen LogP contribution in [-0.2, 0) is 9.59 Å². The van der Waals surface area contributed by atoms with E-state index in [0.717, 1.165) is 25.7 Å². The van der Waals surface area contributed by atoms with Crippen LogP contribution in [0.1, 0.15) is 76.3 Å². The summed E-state index contributed by atoms with van der Waals surface area (Å²) in [6.07, 6.45) is 5.17. The molecule has 1 aliphatic carbocycles. The molecule has 1 aliphatic rings. The molecule has 1 aromatic rings. The third-order valence-electron chi connectivity index (χ3n) is 5.43. The first kappa shape index (κ1) is 21.5. The molecular weight excluding hydrogens is 360 g/mol. The van der Waals surface area contributed by atoms with Gasteiger partial charge in [-0.05, 0) is 30.9 Å². The summed E-state index contributed by atoms with van der Waals surface area (Å²) in [5, 5.41) is 0.371. The van der Waals surface area contributed by atoms with Crippen molar-refractivity contribution in [3.8, 4) is 17.6 Å². The van der Waals surface area contributed by atoms with Crippen molar-refractivity contribution in [2.24, 2.45) is 11.8 Å². The second-order valence-corrected chi connectivity index (χ2v) is 7.73. The van der Waals surface area contributed by atoms with E-state index in [1.165, 1.54) is 7.11 Å². The number of hydrogen-bond acceptors (Lipinski definition) is 3. The number of rotatable bonds is 7. The molecule has 1 saturated carbocycles. The number of hydrogen-bond donors (Lipinski definition) is 0. The number of ether oxygens (including phenoxy) is 1. The van der Waals surface area contributed by atoms with Crippen LogP contribution in [0.5, 0.6) is 5.75 Å². The smallest absolute Gasteiger partial charge is 0.148 e. The normalized spacial score (nSPS) is 19.8. The van der Waals surface area contributed by atoms with E-state index in [1.807, 2.05) is 0 Å². The molecule has 0 saturated heterocycles. The zero-order chi connectivity index (χ0) is 20.0. The first-order valence-corrected chi connectivity index (χ1v) is 10.2. The van der Waals surface area contributed by atoms with Crippen molar-refractivity contribution in [2.45, 2.75) is 65.2 Å². The van der Waals surface area contributed by atoms with Crippen LogP contribution in [0.3, 0.4) is 0 Å². The van der Waals surface area contributed by atoms with E-state index in [2.05, 4.69) is 25.7 Å². The van der Waals surface area contributed by atoms with Gasteiger partial charge in [0.2, 0.25) is 0 Å². The molecule has 0 radical (unpaired) electrons. The van der Waals surface area contributed by atoms with E-state index >= 15 is 0 Å². The van der Waals surface area contributed by atoms with Crippen molar-refractivity contribution in [3.63, 3.8) is 0 Å². The number of carbonyl (C=O) groups is 2. The van der Waals surface area contributed by atoms with Gasteiger partial charge in [-0.2, -0.15) is 0 Å². The summed E-state index contributed by atoms with van der Waals surface area (Å²) in [4.78, 5) is 26.0. The van der Waals surface area contributed by atoms with Crippen LogP contribution < -0.4 is 4.74 Å². The van der Waals surface area contributed by atoms with Crippen LogP contribution in [0.25, 0.3) is 0 Å². The quantitative estimate of drug-likeness (QED) is 0.453. The van der Waals surface area contributed by atoms with Crippen LogP contribution in [0.4, 0.5) is 0 Å². The van der Waals surface area contributed by atoms with Gasteiger partial charge in [-0.1, -0.05) is 57.1 Å². The van der Waals surface area contributed by atoms with E-state index in [0.29, 0.717) is 40.7 Å². The molecule has 0 aromatic heterocycles. The minimum Gasteiger partial charge on any atom is -0.496 e. The van der Waals surface area contributed by atoms with Crippen molar-refractivity contribution < 1.29 is 14.3 Å². The summed E-state index contributed by atoms with van der Waals surface area (Å²) in [5.74, 6) is 5.91. The predicted molar refractivity (Wildman–Crippen MR) is 109 cm³/mol. The number of methoxy groups -OCH3 is 1. The standard InChI is InChI=1S/C23H29ClO3/c1-5-8-15-11-18(24)22(21(12-15)27-4)23-19(25)13-17(14-20(23)26)16(9-6-2)10-7-3/h11-12,16-17,23H,6-7,9-10,13-14H2,1-4H3. The Morgan fingerprint density at radius 3 is 2.22 bits per heavy atom. The van der Waals surface area contributed by atoms with Gasteiger partial charge in [0.1, 0.15) is 23.2 Å². The average Bonchev–Trinajstić information content (AvgIpc) is 2.62. The highest BCUT2D eigenvalue weighted by atomic mass is 35.5. The molecule has 4 heteroatoms. The summed E-state index contributed by atoms with van der Waals surface area (Å²) in [5.41, 5.74) is 1.21. The Labute approximate surface area is 167 Å². The van der Waals surface area contributed by atoms with E-state index in [-0.39, 0.29) is 17.5 Å². The van der Waals surface area contributed by atoms with Gasteiger partial charge in [-0.25, -0.2) is 0 Å². The Morgan fingerprint density at radius 1 is 1.15 bits per heavy atom. The summed E-state index contributed by atoms with van der Waals surface area (Å²) >= 11 is 6.46. The summed E-state index contributed by atoms with van der Waals surface area (Å²) in [6, 6.07) is 3.46. The van der Waals surface area contributed by atoms with Gasteiger partial charge < -0.3 is 4.74 Å². The van der Waals surface area contributed by atoms with E-state index < -0.39 is 5.92 Å². The fourth-order valence-electron chi connectivity index (χ4n) is 4.28. The third kappa shape index (κ3) is 4.93. The largest absolute Gasteiger partial charge is 0.496 e. The molecule has 1 aromatic carbocycles. The monoisotopic (exact) mass is 388 g/mol. The molecule has 0 bridgehead atoms. The van der Waals surface area contributed by atoms with Crippen molar-refractivity contribution in [1.29, 1.82) is 0 Å². The molecule has 0 heterocycles. The van der Waals surface area contributed by atoms with Crippen LogP contribution in [-0.4, -0.2) is 18.7 Å². The highest BCUT2D eigenvalue weighted by Crippen LogP contribution is 2.42. The lowest BCUT2D eigenvalue weighted by atomic mass is 9.70. The number of ketones is 2. The molecule has 2 rings (SSSR count). The van der Waals surface area contributed by atoms with Crippen LogP contribution in [0.15, 0.2) is 12.1 Å².